The maximum absolute atomic E-state index is 5.69. The summed E-state index contributed by atoms with van der Waals surface area (Å²) in [7, 11) is 1.89. The SMILES string of the molecule is CO[C@H]1CC[C@@]2(C)C(=CC[C@H]3[C@@H]4CC[C@H](CBr)[C@@]4(C)CC[C@@H]32)C1. The standard InChI is InChI=1S/C21H33BrO/c1-20-10-8-16(23-3)12-14(20)4-6-17-18-7-5-15(13-22)21(18,2)11-9-19(17)20/h4,15-19H,5-13H2,1-3H3/t15-,16+,17+,18+,19+,20+,21-/m1/s1. The first kappa shape index (κ1) is 16.6. The molecule has 0 aromatic rings. The van der Waals surface area contributed by atoms with E-state index in [1.807, 2.05) is 7.11 Å². The highest BCUT2D eigenvalue weighted by molar-refractivity contribution is 9.09. The minimum absolute atomic E-state index is 0.476. The van der Waals surface area contributed by atoms with Gasteiger partial charge in [0, 0.05) is 12.4 Å². The second kappa shape index (κ2) is 5.87. The molecule has 0 radical (unpaired) electrons. The number of ether oxygens (including phenoxy) is 1. The third kappa shape index (κ3) is 2.34. The quantitative estimate of drug-likeness (QED) is 0.423. The lowest BCUT2D eigenvalue weighted by atomic mass is 9.47. The predicted molar refractivity (Wildman–Crippen MR) is 99.8 cm³/mol. The van der Waals surface area contributed by atoms with Crippen molar-refractivity contribution in [3.8, 4) is 0 Å². The molecule has 1 nitrogen and oxygen atoms in total. The molecule has 0 heterocycles. The van der Waals surface area contributed by atoms with Gasteiger partial charge in [-0.25, -0.2) is 0 Å². The van der Waals surface area contributed by atoms with Crippen LogP contribution in [0.1, 0.15) is 65.2 Å². The van der Waals surface area contributed by atoms with E-state index in [0.29, 0.717) is 16.9 Å². The third-order valence-corrected chi connectivity index (χ3v) is 9.56. The van der Waals surface area contributed by atoms with Gasteiger partial charge in [0.15, 0.2) is 0 Å². The van der Waals surface area contributed by atoms with Crippen LogP contribution >= 0.6 is 15.9 Å². The molecule has 2 heteroatoms. The average molecular weight is 381 g/mol. The van der Waals surface area contributed by atoms with Crippen molar-refractivity contribution < 1.29 is 4.74 Å². The van der Waals surface area contributed by atoms with Crippen LogP contribution in [0, 0.1) is 34.5 Å². The summed E-state index contributed by atoms with van der Waals surface area (Å²) >= 11 is 3.82. The first-order valence-corrected chi connectivity index (χ1v) is 10.9. The Kier molecular flexibility index (Phi) is 4.24. The van der Waals surface area contributed by atoms with Gasteiger partial charge in [-0.2, -0.15) is 0 Å². The van der Waals surface area contributed by atoms with Gasteiger partial charge < -0.3 is 4.74 Å². The molecule has 0 unspecified atom stereocenters. The van der Waals surface area contributed by atoms with E-state index in [9.17, 15) is 0 Å². The van der Waals surface area contributed by atoms with E-state index in [-0.39, 0.29) is 0 Å². The Balaban J connectivity index is 1.63. The molecule has 3 saturated carbocycles. The summed E-state index contributed by atoms with van der Waals surface area (Å²) in [5.74, 6) is 3.77. The lowest BCUT2D eigenvalue weighted by molar-refractivity contribution is -0.0504. The maximum atomic E-state index is 5.69. The Bertz CT molecular complexity index is 500. The number of halogens is 1. The molecule has 0 aromatic heterocycles. The molecule has 0 spiro atoms. The number of allylic oxidation sites excluding steroid dienone is 1. The zero-order chi connectivity index (χ0) is 16.2. The van der Waals surface area contributed by atoms with Crippen LogP contribution in [0.2, 0.25) is 0 Å². The van der Waals surface area contributed by atoms with Crippen LogP contribution in [-0.4, -0.2) is 18.5 Å². The van der Waals surface area contributed by atoms with Crippen LogP contribution in [0.4, 0.5) is 0 Å². The van der Waals surface area contributed by atoms with Crippen molar-refractivity contribution in [1.29, 1.82) is 0 Å². The van der Waals surface area contributed by atoms with Crippen LogP contribution in [0.5, 0.6) is 0 Å². The van der Waals surface area contributed by atoms with Gasteiger partial charge in [-0.15, -0.1) is 0 Å². The summed E-state index contributed by atoms with van der Waals surface area (Å²) in [6.07, 6.45) is 14.1. The molecule has 0 aromatic carbocycles. The summed E-state index contributed by atoms with van der Waals surface area (Å²) in [6, 6.07) is 0. The number of rotatable bonds is 2. The summed E-state index contributed by atoms with van der Waals surface area (Å²) in [5.41, 5.74) is 2.83. The highest BCUT2D eigenvalue weighted by atomic mass is 79.9. The topological polar surface area (TPSA) is 9.23 Å². The molecule has 4 aliphatic rings. The summed E-state index contributed by atoms with van der Waals surface area (Å²) in [4.78, 5) is 0. The van der Waals surface area contributed by atoms with Crippen molar-refractivity contribution in [2.75, 3.05) is 12.4 Å². The van der Waals surface area contributed by atoms with Crippen molar-refractivity contribution >= 4 is 15.9 Å². The number of hydrogen-bond donors (Lipinski definition) is 0. The molecule has 0 aliphatic heterocycles. The molecule has 0 bridgehead atoms. The highest BCUT2D eigenvalue weighted by Crippen LogP contribution is 2.66. The van der Waals surface area contributed by atoms with E-state index < -0.39 is 0 Å². The third-order valence-electron chi connectivity index (χ3n) is 8.77. The van der Waals surface area contributed by atoms with E-state index in [0.717, 1.165) is 23.7 Å². The Labute approximate surface area is 150 Å². The fourth-order valence-electron chi connectivity index (χ4n) is 7.19. The molecule has 23 heavy (non-hydrogen) atoms. The molecule has 3 fully saturated rings. The summed E-state index contributed by atoms with van der Waals surface area (Å²) < 4.78 is 5.69. The zero-order valence-electron chi connectivity index (χ0n) is 15.1. The summed E-state index contributed by atoms with van der Waals surface area (Å²) in [6.45, 7) is 5.22. The second-order valence-electron chi connectivity index (χ2n) is 9.33. The fourth-order valence-corrected chi connectivity index (χ4v) is 8.25. The minimum Gasteiger partial charge on any atom is -0.381 e. The van der Waals surface area contributed by atoms with Crippen molar-refractivity contribution in [2.24, 2.45) is 34.5 Å². The molecule has 0 saturated heterocycles. The molecular weight excluding hydrogens is 348 g/mol. The van der Waals surface area contributed by atoms with E-state index >= 15 is 0 Å². The van der Waals surface area contributed by atoms with Crippen molar-refractivity contribution in [2.45, 2.75) is 71.3 Å². The second-order valence-corrected chi connectivity index (χ2v) is 9.98. The van der Waals surface area contributed by atoms with E-state index in [1.165, 1.54) is 56.7 Å². The van der Waals surface area contributed by atoms with Gasteiger partial charge >= 0.3 is 0 Å². The van der Waals surface area contributed by atoms with Crippen molar-refractivity contribution in [3.05, 3.63) is 11.6 Å². The van der Waals surface area contributed by atoms with E-state index in [2.05, 4.69) is 35.9 Å². The van der Waals surface area contributed by atoms with Gasteiger partial charge in [-0.3, -0.25) is 0 Å². The Morgan fingerprint density at radius 3 is 2.70 bits per heavy atom. The van der Waals surface area contributed by atoms with Crippen molar-refractivity contribution in [3.63, 3.8) is 0 Å². The molecule has 0 N–H and O–H groups in total. The van der Waals surface area contributed by atoms with Gasteiger partial charge in [-0.05, 0) is 85.9 Å². The monoisotopic (exact) mass is 380 g/mol. The smallest absolute Gasteiger partial charge is 0.0608 e. The predicted octanol–water partition coefficient (Wildman–Crippen LogP) is 5.98. The molecule has 4 aliphatic carbocycles. The van der Waals surface area contributed by atoms with Gasteiger partial charge in [0.05, 0.1) is 6.10 Å². The number of methoxy groups -OCH3 is 1. The maximum Gasteiger partial charge on any atom is 0.0608 e. The molecule has 7 atom stereocenters. The minimum atomic E-state index is 0.476. The van der Waals surface area contributed by atoms with Gasteiger partial charge in [-0.1, -0.05) is 41.4 Å². The Hall–Kier alpha value is 0.180. The highest BCUT2D eigenvalue weighted by Gasteiger charge is 2.58. The number of alkyl halides is 1. The normalized spacial score (nSPS) is 52.3. The lowest BCUT2D eigenvalue weighted by Crippen LogP contribution is -2.50. The largest absolute Gasteiger partial charge is 0.381 e. The van der Waals surface area contributed by atoms with Crippen LogP contribution in [-0.2, 0) is 4.74 Å². The van der Waals surface area contributed by atoms with Crippen LogP contribution in [0.15, 0.2) is 11.6 Å². The van der Waals surface area contributed by atoms with Crippen LogP contribution < -0.4 is 0 Å². The molecular formula is C21H33BrO. The lowest BCUT2D eigenvalue weighted by Gasteiger charge is -2.58. The van der Waals surface area contributed by atoms with Crippen LogP contribution in [0.25, 0.3) is 0 Å². The molecule has 0 amide bonds. The van der Waals surface area contributed by atoms with Gasteiger partial charge in [0.2, 0.25) is 0 Å². The number of hydrogen-bond acceptors (Lipinski definition) is 1. The number of fused-ring (bicyclic) bond motifs is 5. The molecule has 4 rings (SSSR count). The van der Waals surface area contributed by atoms with Crippen molar-refractivity contribution in [1.82, 2.24) is 0 Å². The first-order chi connectivity index (χ1) is 11.0. The van der Waals surface area contributed by atoms with Gasteiger partial charge in [0.25, 0.3) is 0 Å². The first-order valence-electron chi connectivity index (χ1n) is 9.81. The Morgan fingerprint density at radius 2 is 1.96 bits per heavy atom. The zero-order valence-corrected chi connectivity index (χ0v) is 16.7. The van der Waals surface area contributed by atoms with E-state index in [1.54, 1.807) is 5.57 Å². The van der Waals surface area contributed by atoms with Gasteiger partial charge in [0.1, 0.15) is 0 Å². The summed E-state index contributed by atoms with van der Waals surface area (Å²) in [5, 5.41) is 1.21. The van der Waals surface area contributed by atoms with E-state index in [4.69, 9.17) is 4.74 Å². The fraction of sp³-hybridized carbons (Fsp3) is 0.905. The Morgan fingerprint density at radius 1 is 1.13 bits per heavy atom. The molecule has 130 valence electrons. The van der Waals surface area contributed by atoms with Crippen LogP contribution in [0.3, 0.4) is 0 Å². The average Bonchev–Trinajstić information content (AvgIpc) is 2.90.